The number of nitrogens with one attached hydrogen (secondary N) is 1. The highest BCUT2D eigenvalue weighted by molar-refractivity contribution is 5.94. The van der Waals surface area contributed by atoms with Crippen molar-refractivity contribution in [2.75, 3.05) is 13.1 Å². The molecule has 2 aromatic rings. The van der Waals surface area contributed by atoms with Crippen molar-refractivity contribution < 1.29 is 14.0 Å². The third kappa shape index (κ3) is 3.81. The average molecular weight is 331 g/mol. The van der Waals surface area contributed by atoms with E-state index in [0.717, 1.165) is 0 Å². The Balaban J connectivity index is 1.45. The molecule has 3 rings (SSSR count). The summed E-state index contributed by atoms with van der Waals surface area (Å²) in [6.07, 6.45) is 7.39. The fourth-order valence-electron chi connectivity index (χ4n) is 2.93. The maximum Gasteiger partial charge on any atom is 0.257 e. The van der Waals surface area contributed by atoms with Gasteiger partial charge >= 0.3 is 0 Å². The van der Waals surface area contributed by atoms with Crippen LogP contribution in [0.1, 0.15) is 30.1 Å². The molecular weight excluding hydrogens is 310 g/mol. The molecule has 2 amide bonds. The monoisotopic (exact) mass is 331 g/mol. The number of carbonyl (C=O) groups excluding carboxylic acids is 2. The Bertz CT molecular complexity index is 660. The molecule has 0 saturated carbocycles. The molecule has 8 heteroatoms. The summed E-state index contributed by atoms with van der Waals surface area (Å²) in [5.41, 5.74) is 0.555. The number of rotatable bonds is 5. The molecule has 1 N–H and O–H groups in total. The first-order valence-corrected chi connectivity index (χ1v) is 8.07. The molecular formula is C16H21N5O3. The number of hydrogen-bond donors (Lipinski definition) is 1. The quantitative estimate of drug-likeness (QED) is 0.880. The Morgan fingerprint density at radius 2 is 2.21 bits per heavy atom. The Morgan fingerprint density at radius 3 is 2.83 bits per heavy atom. The Morgan fingerprint density at radius 1 is 1.42 bits per heavy atom. The molecule has 0 aromatic carbocycles. The van der Waals surface area contributed by atoms with E-state index >= 15 is 0 Å². The van der Waals surface area contributed by atoms with Gasteiger partial charge in [0, 0.05) is 25.0 Å². The van der Waals surface area contributed by atoms with Crippen molar-refractivity contribution in [3.63, 3.8) is 0 Å². The summed E-state index contributed by atoms with van der Waals surface area (Å²) in [4.78, 5) is 30.3. The number of hydrogen-bond acceptors (Lipinski definition) is 5. The maximum absolute atomic E-state index is 12.4. The SMILES string of the molecule is CC(Cn1cncn1)NC(=O)C1CCN(C(=O)c2ccoc2)CC1. The molecule has 0 radical (unpaired) electrons. The molecule has 3 heterocycles. The molecule has 1 aliphatic heterocycles. The molecule has 8 nitrogen and oxygen atoms in total. The summed E-state index contributed by atoms with van der Waals surface area (Å²) in [5, 5.41) is 7.05. The minimum absolute atomic E-state index is 0.0233. The van der Waals surface area contributed by atoms with Gasteiger partial charge in [-0.1, -0.05) is 0 Å². The van der Waals surface area contributed by atoms with Crippen molar-refractivity contribution in [2.24, 2.45) is 5.92 Å². The van der Waals surface area contributed by atoms with E-state index in [1.165, 1.54) is 18.9 Å². The zero-order valence-electron chi connectivity index (χ0n) is 13.6. The van der Waals surface area contributed by atoms with Crippen LogP contribution in [0.5, 0.6) is 0 Å². The smallest absolute Gasteiger partial charge is 0.257 e. The van der Waals surface area contributed by atoms with E-state index in [1.807, 2.05) is 6.92 Å². The van der Waals surface area contributed by atoms with Crippen LogP contribution >= 0.6 is 0 Å². The van der Waals surface area contributed by atoms with Crippen molar-refractivity contribution in [1.82, 2.24) is 25.0 Å². The minimum atomic E-state index is -0.0587. The lowest BCUT2D eigenvalue weighted by molar-refractivity contribution is -0.127. The fourth-order valence-corrected chi connectivity index (χ4v) is 2.93. The Kier molecular flexibility index (Phi) is 4.93. The highest BCUT2D eigenvalue weighted by Crippen LogP contribution is 2.19. The van der Waals surface area contributed by atoms with E-state index in [9.17, 15) is 9.59 Å². The van der Waals surface area contributed by atoms with Gasteiger partial charge in [-0.05, 0) is 25.8 Å². The summed E-state index contributed by atoms with van der Waals surface area (Å²) in [5.74, 6) is -0.0585. The van der Waals surface area contributed by atoms with Gasteiger partial charge < -0.3 is 14.6 Å². The maximum atomic E-state index is 12.4. The van der Waals surface area contributed by atoms with Crippen LogP contribution in [0.25, 0.3) is 0 Å². The molecule has 0 bridgehead atoms. The van der Waals surface area contributed by atoms with Crippen molar-refractivity contribution >= 4 is 11.8 Å². The predicted molar refractivity (Wildman–Crippen MR) is 85.0 cm³/mol. The van der Waals surface area contributed by atoms with Crippen molar-refractivity contribution in [2.45, 2.75) is 32.4 Å². The van der Waals surface area contributed by atoms with Gasteiger partial charge in [-0.25, -0.2) is 4.98 Å². The lowest BCUT2D eigenvalue weighted by Crippen LogP contribution is -2.45. The molecule has 128 valence electrons. The van der Waals surface area contributed by atoms with Crippen LogP contribution in [0.3, 0.4) is 0 Å². The summed E-state index contributed by atoms with van der Waals surface area (Å²) < 4.78 is 6.64. The molecule has 1 unspecified atom stereocenters. The van der Waals surface area contributed by atoms with Crippen LogP contribution in [0, 0.1) is 5.92 Å². The van der Waals surface area contributed by atoms with Crippen molar-refractivity contribution in [3.8, 4) is 0 Å². The number of piperidine rings is 1. The van der Waals surface area contributed by atoms with Crippen molar-refractivity contribution in [1.29, 1.82) is 0 Å². The molecule has 0 aliphatic carbocycles. The normalized spacial score (nSPS) is 16.8. The van der Waals surface area contributed by atoms with E-state index in [-0.39, 0.29) is 23.8 Å². The van der Waals surface area contributed by atoms with Gasteiger partial charge in [0.1, 0.15) is 18.9 Å². The molecule has 1 saturated heterocycles. The summed E-state index contributed by atoms with van der Waals surface area (Å²) in [7, 11) is 0. The average Bonchev–Trinajstić information content (AvgIpc) is 3.27. The standard InChI is InChI=1S/C16H21N5O3/c1-12(8-21-11-17-10-18-21)19-15(22)13-2-5-20(6-3-13)16(23)14-4-7-24-9-14/h4,7,9-13H,2-3,5-6,8H2,1H3,(H,19,22). The summed E-state index contributed by atoms with van der Waals surface area (Å²) in [6.45, 7) is 3.69. The van der Waals surface area contributed by atoms with E-state index in [2.05, 4.69) is 15.4 Å². The second-order valence-electron chi connectivity index (χ2n) is 6.11. The first kappa shape index (κ1) is 16.2. The number of nitrogens with zero attached hydrogens (tertiary/aromatic N) is 4. The molecule has 2 aromatic heterocycles. The molecule has 1 aliphatic rings. The third-order valence-electron chi connectivity index (χ3n) is 4.24. The van der Waals surface area contributed by atoms with Crippen molar-refractivity contribution in [3.05, 3.63) is 36.8 Å². The van der Waals surface area contributed by atoms with Crippen LogP contribution in [0.4, 0.5) is 0 Å². The second kappa shape index (κ2) is 7.29. The van der Waals surface area contributed by atoms with E-state index in [4.69, 9.17) is 4.42 Å². The largest absolute Gasteiger partial charge is 0.472 e. The predicted octanol–water partition coefficient (Wildman–Crippen LogP) is 0.928. The first-order chi connectivity index (χ1) is 11.6. The van der Waals surface area contributed by atoms with Crippen LogP contribution in [0.15, 0.2) is 35.7 Å². The Labute approximate surface area is 139 Å². The fraction of sp³-hybridized carbons (Fsp3) is 0.500. The van der Waals surface area contributed by atoms with Crippen LogP contribution < -0.4 is 5.32 Å². The topological polar surface area (TPSA) is 93.3 Å². The molecule has 1 atom stereocenters. The van der Waals surface area contributed by atoms with Crippen LogP contribution in [0.2, 0.25) is 0 Å². The van der Waals surface area contributed by atoms with Gasteiger partial charge in [-0.2, -0.15) is 5.10 Å². The number of likely N-dealkylation sites (tertiary alicyclic amines) is 1. The van der Waals surface area contributed by atoms with Gasteiger partial charge in [0.2, 0.25) is 5.91 Å². The molecule has 1 fully saturated rings. The third-order valence-corrected chi connectivity index (χ3v) is 4.24. The first-order valence-electron chi connectivity index (χ1n) is 8.07. The van der Waals surface area contributed by atoms with E-state index in [1.54, 1.807) is 22.0 Å². The van der Waals surface area contributed by atoms with Crippen LogP contribution in [-0.2, 0) is 11.3 Å². The lowest BCUT2D eigenvalue weighted by Gasteiger charge is -2.31. The van der Waals surface area contributed by atoms with Gasteiger partial charge in [0.15, 0.2) is 0 Å². The van der Waals surface area contributed by atoms with E-state index in [0.29, 0.717) is 38.0 Å². The minimum Gasteiger partial charge on any atom is -0.472 e. The summed E-state index contributed by atoms with van der Waals surface area (Å²) >= 11 is 0. The number of furan rings is 1. The van der Waals surface area contributed by atoms with Gasteiger partial charge in [0.25, 0.3) is 5.91 Å². The number of aromatic nitrogens is 3. The molecule has 24 heavy (non-hydrogen) atoms. The zero-order chi connectivity index (χ0) is 16.9. The van der Waals surface area contributed by atoms with Gasteiger partial charge in [0.05, 0.1) is 18.4 Å². The zero-order valence-corrected chi connectivity index (χ0v) is 13.6. The number of carbonyl (C=O) groups is 2. The second-order valence-corrected chi connectivity index (χ2v) is 6.11. The number of amides is 2. The van der Waals surface area contributed by atoms with E-state index < -0.39 is 0 Å². The highest BCUT2D eigenvalue weighted by Gasteiger charge is 2.28. The van der Waals surface area contributed by atoms with Crippen LogP contribution in [-0.4, -0.2) is 50.6 Å². The van der Waals surface area contributed by atoms with Gasteiger partial charge in [-0.15, -0.1) is 0 Å². The highest BCUT2D eigenvalue weighted by atomic mass is 16.3. The van der Waals surface area contributed by atoms with Gasteiger partial charge in [-0.3, -0.25) is 14.3 Å². The summed E-state index contributed by atoms with van der Waals surface area (Å²) in [6, 6.07) is 1.64. The lowest BCUT2D eigenvalue weighted by atomic mass is 9.95. The molecule has 0 spiro atoms. The Hall–Kier alpha value is -2.64.